The minimum atomic E-state index is -0.216. The van der Waals surface area contributed by atoms with Crippen LogP contribution in [0.4, 0.5) is 4.39 Å². The van der Waals surface area contributed by atoms with Gasteiger partial charge >= 0.3 is 0 Å². The van der Waals surface area contributed by atoms with Gasteiger partial charge in [-0.15, -0.1) is 0 Å². The highest BCUT2D eigenvalue weighted by Crippen LogP contribution is 2.23. The standard InChI is InChI=1S/C15H15BrFN/c1-10-8-12(16)4-7-14(10)15(18)9-11-2-5-13(17)6-3-11/h2-8,15H,9,18H2,1H3. The second-order valence-electron chi connectivity index (χ2n) is 4.44. The van der Waals surface area contributed by atoms with Gasteiger partial charge in [0.2, 0.25) is 0 Å². The molecule has 0 aliphatic rings. The van der Waals surface area contributed by atoms with E-state index in [1.54, 1.807) is 12.1 Å². The summed E-state index contributed by atoms with van der Waals surface area (Å²) in [4.78, 5) is 0. The third kappa shape index (κ3) is 3.18. The molecule has 0 bridgehead atoms. The summed E-state index contributed by atoms with van der Waals surface area (Å²) in [6.45, 7) is 2.05. The zero-order chi connectivity index (χ0) is 13.1. The molecule has 0 aliphatic carbocycles. The third-order valence-electron chi connectivity index (χ3n) is 3.00. The summed E-state index contributed by atoms with van der Waals surface area (Å²) in [5, 5.41) is 0. The number of hydrogen-bond donors (Lipinski definition) is 1. The van der Waals surface area contributed by atoms with Crippen LogP contribution in [0.25, 0.3) is 0 Å². The fourth-order valence-electron chi connectivity index (χ4n) is 2.04. The first-order chi connectivity index (χ1) is 8.56. The summed E-state index contributed by atoms with van der Waals surface area (Å²) in [5.74, 6) is -0.216. The zero-order valence-corrected chi connectivity index (χ0v) is 11.7. The average molecular weight is 308 g/mol. The Morgan fingerprint density at radius 1 is 1.17 bits per heavy atom. The van der Waals surface area contributed by atoms with Crippen LogP contribution in [0.1, 0.15) is 22.7 Å². The van der Waals surface area contributed by atoms with Gasteiger partial charge in [-0.1, -0.05) is 34.1 Å². The molecule has 0 saturated heterocycles. The van der Waals surface area contributed by atoms with E-state index in [2.05, 4.69) is 22.0 Å². The molecule has 0 aliphatic heterocycles. The predicted molar refractivity (Wildman–Crippen MR) is 75.9 cm³/mol. The van der Waals surface area contributed by atoms with Crippen LogP contribution < -0.4 is 5.73 Å². The Labute approximate surface area is 115 Å². The van der Waals surface area contributed by atoms with E-state index in [9.17, 15) is 4.39 Å². The second-order valence-corrected chi connectivity index (χ2v) is 5.35. The van der Waals surface area contributed by atoms with Crippen molar-refractivity contribution in [3.05, 3.63) is 69.4 Å². The first-order valence-corrected chi connectivity index (χ1v) is 6.61. The molecule has 2 rings (SSSR count). The molecule has 1 atom stereocenters. The lowest BCUT2D eigenvalue weighted by molar-refractivity contribution is 0.625. The molecule has 2 aromatic carbocycles. The van der Waals surface area contributed by atoms with E-state index in [0.717, 1.165) is 15.6 Å². The van der Waals surface area contributed by atoms with Gasteiger partial charge in [0.1, 0.15) is 5.82 Å². The summed E-state index contributed by atoms with van der Waals surface area (Å²) in [7, 11) is 0. The first-order valence-electron chi connectivity index (χ1n) is 5.82. The lowest BCUT2D eigenvalue weighted by Crippen LogP contribution is -2.14. The summed E-state index contributed by atoms with van der Waals surface area (Å²) in [6, 6.07) is 12.5. The van der Waals surface area contributed by atoms with Crippen LogP contribution >= 0.6 is 15.9 Å². The predicted octanol–water partition coefficient (Wildman–Crippen LogP) is 4.14. The number of nitrogens with two attached hydrogens (primary N) is 1. The molecule has 0 spiro atoms. The minimum absolute atomic E-state index is 0.0661. The van der Waals surface area contributed by atoms with Crippen molar-refractivity contribution in [2.24, 2.45) is 5.73 Å². The number of aryl methyl sites for hydroxylation is 1. The molecule has 0 saturated carbocycles. The van der Waals surface area contributed by atoms with E-state index in [1.807, 2.05) is 19.1 Å². The molecule has 2 aromatic rings. The lowest BCUT2D eigenvalue weighted by atomic mass is 9.96. The van der Waals surface area contributed by atoms with Crippen LogP contribution in [0, 0.1) is 12.7 Å². The fourth-order valence-corrected chi connectivity index (χ4v) is 2.52. The van der Waals surface area contributed by atoms with E-state index in [4.69, 9.17) is 5.73 Å². The van der Waals surface area contributed by atoms with Crippen molar-refractivity contribution in [3.8, 4) is 0 Å². The van der Waals surface area contributed by atoms with Gasteiger partial charge < -0.3 is 5.73 Å². The van der Waals surface area contributed by atoms with E-state index in [0.29, 0.717) is 6.42 Å². The second kappa shape index (κ2) is 5.63. The van der Waals surface area contributed by atoms with Crippen molar-refractivity contribution < 1.29 is 4.39 Å². The summed E-state index contributed by atoms with van der Waals surface area (Å²) >= 11 is 3.44. The first kappa shape index (κ1) is 13.2. The van der Waals surface area contributed by atoms with Crippen LogP contribution in [-0.4, -0.2) is 0 Å². The summed E-state index contributed by atoms with van der Waals surface area (Å²) in [6.07, 6.45) is 0.711. The van der Waals surface area contributed by atoms with E-state index >= 15 is 0 Å². The van der Waals surface area contributed by atoms with Crippen LogP contribution in [0.3, 0.4) is 0 Å². The number of halogens is 2. The maximum Gasteiger partial charge on any atom is 0.123 e. The molecule has 94 valence electrons. The van der Waals surface area contributed by atoms with Gasteiger partial charge in [-0.3, -0.25) is 0 Å². The van der Waals surface area contributed by atoms with Gasteiger partial charge in [-0.25, -0.2) is 4.39 Å². The molecule has 3 heteroatoms. The Bertz CT molecular complexity index is 537. The molecule has 1 unspecified atom stereocenters. The number of rotatable bonds is 3. The smallest absolute Gasteiger partial charge is 0.123 e. The van der Waals surface area contributed by atoms with Gasteiger partial charge in [0.05, 0.1) is 0 Å². The van der Waals surface area contributed by atoms with E-state index in [-0.39, 0.29) is 11.9 Å². The molecule has 0 radical (unpaired) electrons. The molecule has 0 amide bonds. The monoisotopic (exact) mass is 307 g/mol. The molecule has 18 heavy (non-hydrogen) atoms. The SMILES string of the molecule is Cc1cc(Br)ccc1C(N)Cc1ccc(F)cc1. The molecular formula is C15H15BrFN. The van der Waals surface area contributed by atoms with Gasteiger partial charge in [0.25, 0.3) is 0 Å². The molecule has 0 fully saturated rings. The van der Waals surface area contributed by atoms with Crippen LogP contribution in [0.15, 0.2) is 46.9 Å². The van der Waals surface area contributed by atoms with Crippen molar-refractivity contribution in [1.82, 2.24) is 0 Å². The Morgan fingerprint density at radius 3 is 2.44 bits per heavy atom. The molecule has 1 nitrogen and oxygen atoms in total. The number of hydrogen-bond acceptors (Lipinski definition) is 1. The largest absolute Gasteiger partial charge is 0.324 e. The number of benzene rings is 2. The maximum absolute atomic E-state index is 12.8. The van der Waals surface area contributed by atoms with Crippen LogP contribution in [0.2, 0.25) is 0 Å². The Balaban J connectivity index is 2.16. The highest BCUT2D eigenvalue weighted by Gasteiger charge is 2.10. The van der Waals surface area contributed by atoms with Crippen molar-refractivity contribution in [1.29, 1.82) is 0 Å². The van der Waals surface area contributed by atoms with Gasteiger partial charge in [-0.2, -0.15) is 0 Å². The molecule has 0 heterocycles. The fraction of sp³-hybridized carbons (Fsp3) is 0.200. The van der Waals surface area contributed by atoms with E-state index < -0.39 is 0 Å². The topological polar surface area (TPSA) is 26.0 Å². The van der Waals surface area contributed by atoms with Crippen LogP contribution in [-0.2, 0) is 6.42 Å². The van der Waals surface area contributed by atoms with E-state index in [1.165, 1.54) is 17.7 Å². The minimum Gasteiger partial charge on any atom is -0.324 e. The van der Waals surface area contributed by atoms with Gasteiger partial charge in [0, 0.05) is 10.5 Å². The summed E-state index contributed by atoms with van der Waals surface area (Å²) in [5.41, 5.74) is 9.55. The van der Waals surface area contributed by atoms with Gasteiger partial charge in [0.15, 0.2) is 0 Å². The van der Waals surface area contributed by atoms with Crippen molar-refractivity contribution in [2.75, 3.05) is 0 Å². The summed E-state index contributed by atoms with van der Waals surface area (Å²) < 4.78 is 13.9. The quantitative estimate of drug-likeness (QED) is 0.906. The highest BCUT2D eigenvalue weighted by molar-refractivity contribution is 9.10. The molecular weight excluding hydrogens is 293 g/mol. The molecule has 2 N–H and O–H groups in total. The van der Waals surface area contributed by atoms with Crippen LogP contribution in [0.5, 0.6) is 0 Å². The lowest BCUT2D eigenvalue weighted by Gasteiger charge is -2.15. The maximum atomic E-state index is 12.8. The van der Waals surface area contributed by atoms with Crippen molar-refractivity contribution in [3.63, 3.8) is 0 Å². The van der Waals surface area contributed by atoms with Crippen molar-refractivity contribution in [2.45, 2.75) is 19.4 Å². The zero-order valence-electron chi connectivity index (χ0n) is 10.2. The normalized spacial score (nSPS) is 12.4. The average Bonchev–Trinajstić information content (AvgIpc) is 2.32. The highest BCUT2D eigenvalue weighted by atomic mass is 79.9. The Kier molecular flexibility index (Phi) is 4.15. The molecule has 0 aromatic heterocycles. The van der Waals surface area contributed by atoms with Crippen molar-refractivity contribution >= 4 is 15.9 Å². The third-order valence-corrected chi connectivity index (χ3v) is 3.49. The van der Waals surface area contributed by atoms with Gasteiger partial charge in [-0.05, 0) is 54.3 Å². The Morgan fingerprint density at radius 2 is 1.83 bits per heavy atom. The Hall–Kier alpha value is -1.19.